The Labute approximate surface area is 730 Å². The Morgan fingerprint density at radius 2 is 0.587 bits per heavy atom. The standard InChI is InChI=1S/C23H23N.C12H16O3.C11H16O2.3C10H20O2.3C10H14O/c1-3-17(2)19-14-12-18(13-15-19)16-24-22-10-6-4-8-20(22)21-9-5-7-11-23(21)24;1-4-8(2)9-5-6-11(13)10(7-9)12(14)15-3;1-4-8(2)9-5-6-10(12)11(7-9)13-3;3*1-7-10(5,6)8(11)12-9(2,3)4;3*1-3-8(2)9-4-6-10(11)7-5-9/h4-15,17H,3,16H2,1-2H3;5-8,13H,4H2,1-3H3;5-8,12H,4H2,1-3H3;3*7H2,1-6H3;3*4-8,11H,3H2,1-2H3. The van der Waals surface area contributed by atoms with Crippen molar-refractivity contribution in [2.45, 2.75) is 324 Å². The summed E-state index contributed by atoms with van der Waals surface area (Å²) in [6.07, 6.45) is 9.12. The maximum atomic E-state index is 11.5. The zero-order valence-electron chi connectivity index (χ0n) is 80.2. The lowest BCUT2D eigenvalue weighted by atomic mass is 9.90. The van der Waals surface area contributed by atoms with E-state index in [1.54, 1.807) is 55.6 Å². The Morgan fingerprint density at radius 3 is 0.851 bits per heavy atom. The van der Waals surface area contributed by atoms with Gasteiger partial charge >= 0.3 is 23.9 Å². The number of rotatable bonds is 22. The van der Waals surface area contributed by atoms with Gasteiger partial charge in [0, 0.05) is 28.4 Å². The molecule has 0 aliphatic carbocycles. The number of esters is 4. The number of nitrogens with zero attached hydrogens (tertiary/aromatic N) is 1. The summed E-state index contributed by atoms with van der Waals surface area (Å²) in [5.41, 5.74) is 9.60. The number of para-hydroxylation sites is 2. The molecular weight excluding hydrogens is 1510 g/mol. The molecule has 0 aliphatic rings. The van der Waals surface area contributed by atoms with Crippen LogP contribution in [0.5, 0.6) is 34.5 Å². The van der Waals surface area contributed by atoms with Crippen LogP contribution in [0.3, 0.4) is 0 Å². The molecule has 0 spiro atoms. The zero-order valence-corrected chi connectivity index (χ0v) is 80.2. The molecule has 0 saturated heterocycles. The first-order chi connectivity index (χ1) is 56.3. The quantitative estimate of drug-likeness (QED) is 0.0315. The second-order valence-electron chi connectivity index (χ2n) is 36.4. The number of phenols is 5. The zero-order chi connectivity index (χ0) is 92.6. The fourth-order valence-corrected chi connectivity index (χ4v) is 10.9. The van der Waals surface area contributed by atoms with Crippen molar-refractivity contribution in [2.75, 3.05) is 14.2 Å². The number of carbonyl (C=O) groups excluding carboxylic acids is 4. The molecule has 1 heterocycles. The molecule has 8 aromatic carbocycles. The maximum absolute atomic E-state index is 11.5. The largest absolute Gasteiger partial charge is 0.508 e. The van der Waals surface area contributed by atoms with Gasteiger partial charge in [0.15, 0.2) is 11.5 Å². The van der Waals surface area contributed by atoms with Crippen LogP contribution in [0.15, 0.2) is 182 Å². The van der Waals surface area contributed by atoms with Gasteiger partial charge in [-0.25, -0.2) is 4.79 Å². The number of fused-ring (bicyclic) bond motifs is 3. The summed E-state index contributed by atoms with van der Waals surface area (Å²) < 4.78 is 27.8. The molecule has 1 aromatic heterocycles. The summed E-state index contributed by atoms with van der Waals surface area (Å²) in [6, 6.07) is 59.4. The number of phenolic OH excluding ortho intramolecular Hbond substituents is 5. The summed E-state index contributed by atoms with van der Waals surface area (Å²) in [6.45, 7) is 61.3. The number of ether oxygens (including phenoxy) is 5. The van der Waals surface area contributed by atoms with Gasteiger partial charge in [0.05, 0.1) is 30.5 Å². The second kappa shape index (κ2) is 52.5. The third kappa shape index (κ3) is 39.8. The van der Waals surface area contributed by atoms with Gasteiger partial charge in [0.2, 0.25) is 0 Å². The first kappa shape index (κ1) is 109. The van der Waals surface area contributed by atoms with Gasteiger partial charge in [0.25, 0.3) is 0 Å². The van der Waals surface area contributed by atoms with Gasteiger partial charge in [-0.2, -0.15) is 0 Å². The number of carbonyl (C=O) groups is 4. The number of hydrogen-bond donors (Lipinski definition) is 5. The molecule has 15 heteroatoms. The normalized spacial score (nSPS) is 12.7. The molecule has 6 unspecified atom stereocenters. The molecule has 121 heavy (non-hydrogen) atoms. The van der Waals surface area contributed by atoms with E-state index in [0.717, 1.165) is 63.5 Å². The van der Waals surface area contributed by atoms with Crippen LogP contribution in [0.2, 0.25) is 0 Å². The van der Waals surface area contributed by atoms with Crippen molar-refractivity contribution in [2.24, 2.45) is 16.2 Å². The first-order valence-electron chi connectivity index (χ1n) is 43.7. The van der Waals surface area contributed by atoms with Crippen molar-refractivity contribution >= 4 is 45.7 Å². The Hall–Kier alpha value is -9.76. The van der Waals surface area contributed by atoms with E-state index < -0.39 is 5.97 Å². The number of hydrogen-bond acceptors (Lipinski definition) is 14. The summed E-state index contributed by atoms with van der Waals surface area (Å²) in [4.78, 5) is 45.8. The maximum Gasteiger partial charge on any atom is 0.341 e. The van der Waals surface area contributed by atoms with Gasteiger partial charge in [-0.3, -0.25) is 14.4 Å². The van der Waals surface area contributed by atoms with Crippen molar-refractivity contribution in [3.05, 3.63) is 226 Å². The van der Waals surface area contributed by atoms with Crippen molar-refractivity contribution in [1.29, 1.82) is 0 Å². The van der Waals surface area contributed by atoms with Gasteiger partial charge in [-0.05, 0) is 309 Å². The van der Waals surface area contributed by atoms with Crippen LogP contribution in [0.4, 0.5) is 0 Å². The molecule has 0 radical (unpaired) electrons. The fraction of sp³-hybridized carbons (Fsp3) is 0.509. The Kier molecular flexibility index (Phi) is 47.4. The Balaban J connectivity index is 0.000000692. The van der Waals surface area contributed by atoms with Crippen molar-refractivity contribution < 1.29 is 68.4 Å². The van der Waals surface area contributed by atoms with Crippen LogP contribution in [0.25, 0.3) is 21.8 Å². The third-order valence-electron chi connectivity index (χ3n) is 21.9. The van der Waals surface area contributed by atoms with Crippen LogP contribution in [-0.4, -0.2) is 85.0 Å². The second-order valence-corrected chi connectivity index (χ2v) is 36.4. The summed E-state index contributed by atoms with van der Waals surface area (Å²) in [5.74, 6) is 4.20. The molecule has 670 valence electrons. The van der Waals surface area contributed by atoms with E-state index in [0.29, 0.717) is 58.5 Å². The van der Waals surface area contributed by atoms with Crippen LogP contribution >= 0.6 is 0 Å². The average molecular weight is 1670 g/mol. The molecule has 9 aromatic rings. The van der Waals surface area contributed by atoms with E-state index in [2.05, 4.69) is 165 Å². The number of aromatic hydroxyl groups is 5. The van der Waals surface area contributed by atoms with Crippen molar-refractivity contribution in [1.82, 2.24) is 4.57 Å². The van der Waals surface area contributed by atoms with E-state index >= 15 is 0 Å². The van der Waals surface area contributed by atoms with Crippen LogP contribution in [0.1, 0.15) is 350 Å². The van der Waals surface area contributed by atoms with Gasteiger partial charge in [-0.15, -0.1) is 0 Å². The lowest BCUT2D eigenvalue weighted by Crippen LogP contribution is -2.33. The summed E-state index contributed by atoms with van der Waals surface area (Å²) >= 11 is 0. The lowest BCUT2D eigenvalue weighted by Gasteiger charge is -2.27. The molecule has 5 N–H and O–H groups in total. The predicted molar refractivity (Wildman–Crippen MR) is 505 cm³/mol. The van der Waals surface area contributed by atoms with Crippen LogP contribution in [0, 0.1) is 16.2 Å². The van der Waals surface area contributed by atoms with E-state index in [4.69, 9.17) is 34.3 Å². The Morgan fingerprint density at radius 1 is 0.331 bits per heavy atom. The van der Waals surface area contributed by atoms with E-state index in [-0.39, 0.29) is 68.0 Å². The third-order valence-corrected chi connectivity index (χ3v) is 21.9. The highest BCUT2D eigenvalue weighted by Gasteiger charge is 2.33. The van der Waals surface area contributed by atoms with E-state index in [1.807, 2.05) is 179 Å². The number of methoxy groups -OCH3 is 2. The van der Waals surface area contributed by atoms with Crippen LogP contribution in [-0.2, 0) is 39.9 Å². The SMILES string of the molecule is CCC(C)(C)C(=O)OC(C)(C)C.CCC(C)(C)C(=O)OC(C)(C)C.CCC(C)(C)C(=O)OC(C)(C)C.CCC(C)c1ccc(Cn2c3ccccc3c3ccccc32)cc1.CCC(C)c1ccc(O)c(C(=O)OC)c1.CCC(C)c1ccc(O)c(OC)c1.CCC(C)c1ccc(O)cc1.CCC(C)c1ccc(O)cc1.CCC(C)c1ccc(O)cc1. The highest BCUT2D eigenvalue weighted by molar-refractivity contribution is 6.08. The lowest BCUT2D eigenvalue weighted by molar-refractivity contribution is -0.166. The van der Waals surface area contributed by atoms with Gasteiger partial charge in [-0.1, -0.05) is 213 Å². The molecule has 0 fully saturated rings. The molecule has 0 saturated carbocycles. The minimum atomic E-state index is -0.502. The van der Waals surface area contributed by atoms with E-state index in [9.17, 15) is 29.4 Å². The van der Waals surface area contributed by atoms with Crippen molar-refractivity contribution in [3.8, 4) is 34.5 Å². The molecule has 9 rings (SSSR count). The minimum Gasteiger partial charge on any atom is -0.508 e. The van der Waals surface area contributed by atoms with E-state index in [1.165, 1.54) is 74.8 Å². The molecule has 0 amide bonds. The monoisotopic (exact) mass is 1670 g/mol. The summed E-state index contributed by atoms with van der Waals surface area (Å²) in [7, 11) is 2.87. The van der Waals surface area contributed by atoms with Gasteiger partial charge < -0.3 is 53.8 Å². The number of benzene rings is 8. The summed E-state index contributed by atoms with van der Waals surface area (Å²) in [5, 5.41) is 48.6. The van der Waals surface area contributed by atoms with Gasteiger partial charge in [0.1, 0.15) is 45.4 Å². The average Bonchev–Trinajstić information content (AvgIpc) is 1.61. The predicted octanol–water partition coefficient (Wildman–Crippen LogP) is 29.0. The van der Waals surface area contributed by atoms with Crippen LogP contribution < -0.4 is 4.74 Å². The molecular formula is C106H157NO14. The molecule has 15 nitrogen and oxygen atoms in total. The highest BCUT2D eigenvalue weighted by Crippen LogP contribution is 2.35. The van der Waals surface area contributed by atoms with Crippen molar-refractivity contribution in [3.63, 3.8) is 0 Å². The molecule has 6 atom stereocenters. The Bertz CT molecular complexity index is 4180. The highest BCUT2D eigenvalue weighted by atomic mass is 16.6. The first-order valence-corrected chi connectivity index (χ1v) is 43.7. The topological polar surface area (TPSA) is 221 Å². The minimum absolute atomic E-state index is 0.0334. The number of aromatic nitrogens is 1. The smallest absolute Gasteiger partial charge is 0.341 e. The molecule has 0 bridgehead atoms. The molecule has 0 aliphatic heterocycles. The fourth-order valence-electron chi connectivity index (χ4n) is 10.9.